The van der Waals surface area contributed by atoms with E-state index in [1.54, 1.807) is 0 Å². The molecule has 1 N–H and O–H groups in total. The molecule has 0 bridgehead atoms. The first-order chi connectivity index (χ1) is 7.25. The van der Waals surface area contributed by atoms with Gasteiger partial charge in [-0.2, -0.15) is 0 Å². The summed E-state index contributed by atoms with van der Waals surface area (Å²) in [4.78, 5) is 11.6. The zero-order valence-corrected chi connectivity index (χ0v) is 9.12. The molecule has 1 fully saturated rings. The van der Waals surface area contributed by atoms with E-state index in [1.807, 2.05) is 0 Å². The molecule has 1 aromatic carbocycles. The van der Waals surface area contributed by atoms with Gasteiger partial charge in [0, 0.05) is 12.5 Å². The van der Waals surface area contributed by atoms with Crippen molar-refractivity contribution in [3.63, 3.8) is 0 Å². The minimum absolute atomic E-state index is 0.224. The Labute approximate surface area is 90.7 Å². The fourth-order valence-electron chi connectivity index (χ4n) is 1.71. The van der Waals surface area contributed by atoms with Crippen LogP contribution in [0.15, 0.2) is 24.3 Å². The lowest BCUT2D eigenvalue weighted by atomic mass is 9.85. The summed E-state index contributed by atoms with van der Waals surface area (Å²) in [5.74, 6) is 0.511. The molecule has 0 atom stereocenters. The van der Waals surface area contributed by atoms with Gasteiger partial charge in [0.1, 0.15) is 0 Å². The van der Waals surface area contributed by atoms with E-state index in [-0.39, 0.29) is 11.8 Å². The maximum absolute atomic E-state index is 11.6. The summed E-state index contributed by atoms with van der Waals surface area (Å²) in [5, 5.41) is 2.98. The summed E-state index contributed by atoms with van der Waals surface area (Å²) < 4.78 is 0. The second-order valence-corrected chi connectivity index (χ2v) is 4.33. The highest BCUT2D eigenvalue weighted by Crippen LogP contribution is 2.26. The van der Waals surface area contributed by atoms with E-state index in [0.29, 0.717) is 6.54 Å². The average Bonchev–Trinajstić information content (AvgIpc) is 2.14. The fraction of sp³-hybridized carbons (Fsp3) is 0.462. The number of aryl methyl sites for hydroxylation is 1. The molecule has 0 unspecified atom stereocenters. The molecule has 2 heteroatoms. The first-order valence-electron chi connectivity index (χ1n) is 5.59. The van der Waals surface area contributed by atoms with Gasteiger partial charge in [-0.25, -0.2) is 0 Å². The highest BCUT2D eigenvalue weighted by molar-refractivity contribution is 5.79. The maximum atomic E-state index is 11.6. The van der Waals surface area contributed by atoms with E-state index in [9.17, 15) is 4.79 Å². The van der Waals surface area contributed by atoms with Gasteiger partial charge in [0.05, 0.1) is 0 Å². The number of carbonyl (C=O) groups excluding carboxylic acids is 1. The normalized spacial score (nSPS) is 15.8. The number of hydrogen-bond donors (Lipinski definition) is 1. The van der Waals surface area contributed by atoms with Crippen molar-refractivity contribution in [2.24, 2.45) is 5.92 Å². The van der Waals surface area contributed by atoms with Crippen LogP contribution in [-0.2, 0) is 11.3 Å². The van der Waals surface area contributed by atoms with Gasteiger partial charge in [0.2, 0.25) is 5.91 Å². The Morgan fingerprint density at radius 3 is 2.53 bits per heavy atom. The Hall–Kier alpha value is -1.31. The highest BCUT2D eigenvalue weighted by atomic mass is 16.1. The Balaban J connectivity index is 1.82. The predicted molar refractivity (Wildman–Crippen MR) is 60.4 cm³/mol. The molecule has 15 heavy (non-hydrogen) atoms. The first kappa shape index (κ1) is 10.2. The minimum Gasteiger partial charge on any atom is -0.352 e. The fourth-order valence-corrected chi connectivity index (χ4v) is 1.71. The van der Waals surface area contributed by atoms with Gasteiger partial charge in [-0.3, -0.25) is 4.79 Å². The van der Waals surface area contributed by atoms with Crippen LogP contribution < -0.4 is 5.32 Å². The maximum Gasteiger partial charge on any atom is 0.223 e. The monoisotopic (exact) mass is 203 g/mol. The number of benzene rings is 1. The zero-order valence-electron chi connectivity index (χ0n) is 9.12. The van der Waals surface area contributed by atoms with E-state index >= 15 is 0 Å². The van der Waals surface area contributed by atoms with Crippen LogP contribution in [0.3, 0.4) is 0 Å². The molecule has 0 heterocycles. The molecule has 1 aliphatic carbocycles. The highest BCUT2D eigenvalue weighted by Gasteiger charge is 2.24. The second-order valence-electron chi connectivity index (χ2n) is 4.33. The molecule has 1 aliphatic rings. The van der Waals surface area contributed by atoms with Crippen molar-refractivity contribution in [3.8, 4) is 0 Å². The van der Waals surface area contributed by atoms with Crippen LogP contribution in [0, 0.1) is 12.8 Å². The van der Waals surface area contributed by atoms with Crippen LogP contribution in [0.2, 0.25) is 0 Å². The summed E-state index contributed by atoms with van der Waals surface area (Å²) in [5.41, 5.74) is 2.43. The standard InChI is InChI=1S/C13H17NO/c1-10-5-7-11(8-6-10)9-14-13(15)12-3-2-4-12/h5-8,12H,2-4,9H2,1H3,(H,14,15). The Kier molecular flexibility index (Phi) is 3.05. The number of hydrogen-bond acceptors (Lipinski definition) is 1. The first-order valence-corrected chi connectivity index (χ1v) is 5.59. The molecule has 0 radical (unpaired) electrons. The number of amides is 1. The quantitative estimate of drug-likeness (QED) is 0.803. The predicted octanol–water partition coefficient (Wildman–Crippen LogP) is 2.41. The van der Waals surface area contributed by atoms with Gasteiger partial charge >= 0.3 is 0 Å². The Morgan fingerprint density at radius 1 is 1.33 bits per heavy atom. The van der Waals surface area contributed by atoms with E-state index in [2.05, 4.69) is 36.5 Å². The lowest BCUT2D eigenvalue weighted by Crippen LogP contribution is -2.33. The summed E-state index contributed by atoms with van der Waals surface area (Å²) >= 11 is 0. The van der Waals surface area contributed by atoms with Crippen molar-refractivity contribution < 1.29 is 4.79 Å². The van der Waals surface area contributed by atoms with Crippen LogP contribution in [0.1, 0.15) is 30.4 Å². The molecule has 1 amide bonds. The smallest absolute Gasteiger partial charge is 0.223 e. The topological polar surface area (TPSA) is 29.1 Å². The third kappa shape index (κ3) is 2.58. The third-order valence-electron chi connectivity index (χ3n) is 3.06. The van der Waals surface area contributed by atoms with Crippen LogP contribution in [0.4, 0.5) is 0 Å². The Bertz CT molecular complexity index is 338. The van der Waals surface area contributed by atoms with Crippen LogP contribution in [-0.4, -0.2) is 5.91 Å². The molecular weight excluding hydrogens is 186 g/mol. The minimum atomic E-state index is 0.224. The molecule has 1 saturated carbocycles. The van der Waals surface area contributed by atoms with Crippen molar-refractivity contribution in [2.75, 3.05) is 0 Å². The SMILES string of the molecule is Cc1ccc(CNC(=O)C2CCC2)cc1. The number of nitrogens with one attached hydrogen (secondary N) is 1. The van der Waals surface area contributed by atoms with Gasteiger partial charge < -0.3 is 5.32 Å². The second kappa shape index (κ2) is 4.47. The van der Waals surface area contributed by atoms with Crippen molar-refractivity contribution in [1.29, 1.82) is 0 Å². The van der Waals surface area contributed by atoms with E-state index < -0.39 is 0 Å². The molecular formula is C13H17NO. The van der Waals surface area contributed by atoms with E-state index in [4.69, 9.17) is 0 Å². The number of rotatable bonds is 3. The molecule has 0 aromatic heterocycles. The van der Waals surface area contributed by atoms with Crippen molar-refractivity contribution in [3.05, 3.63) is 35.4 Å². The van der Waals surface area contributed by atoms with Gasteiger partial charge in [0.15, 0.2) is 0 Å². The number of carbonyl (C=O) groups is 1. The zero-order chi connectivity index (χ0) is 10.7. The summed E-state index contributed by atoms with van der Waals surface area (Å²) in [6, 6.07) is 8.28. The van der Waals surface area contributed by atoms with Gasteiger partial charge in [0.25, 0.3) is 0 Å². The van der Waals surface area contributed by atoms with Gasteiger partial charge in [-0.05, 0) is 25.3 Å². The lowest BCUT2D eigenvalue weighted by molar-refractivity contribution is -0.127. The van der Waals surface area contributed by atoms with Crippen LogP contribution in [0.25, 0.3) is 0 Å². The molecule has 1 aromatic rings. The third-order valence-corrected chi connectivity index (χ3v) is 3.06. The molecule has 2 rings (SSSR count). The average molecular weight is 203 g/mol. The summed E-state index contributed by atoms with van der Waals surface area (Å²) in [7, 11) is 0. The lowest BCUT2D eigenvalue weighted by Gasteiger charge is -2.24. The van der Waals surface area contributed by atoms with E-state index in [1.165, 1.54) is 17.5 Å². The molecule has 80 valence electrons. The van der Waals surface area contributed by atoms with Crippen molar-refractivity contribution in [2.45, 2.75) is 32.7 Å². The summed E-state index contributed by atoms with van der Waals surface area (Å²) in [6.07, 6.45) is 3.35. The molecule has 2 nitrogen and oxygen atoms in total. The van der Waals surface area contributed by atoms with Gasteiger partial charge in [-0.1, -0.05) is 36.2 Å². The van der Waals surface area contributed by atoms with Crippen LogP contribution in [0.5, 0.6) is 0 Å². The van der Waals surface area contributed by atoms with Gasteiger partial charge in [-0.15, -0.1) is 0 Å². The van der Waals surface area contributed by atoms with Crippen LogP contribution >= 0.6 is 0 Å². The Morgan fingerprint density at radius 2 is 2.00 bits per heavy atom. The van der Waals surface area contributed by atoms with Crippen molar-refractivity contribution in [1.82, 2.24) is 5.32 Å². The molecule has 0 spiro atoms. The van der Waals surface area contributed by atoms with E-state index in [0.717, 1.165) is 12.8 Å². The molecule has 0 saturated heterocycles. The summed E-state index contributed by atoms with van der Waals surface area (Å²) in [6.45, 7) is 2.73. The van der Waals surface area contributed by atoms with Crippen molar-refractivity contribution >= 4 is 5.91 Å². The largest absolute Gasteiger partial charge is 0.352 e. The molecule has 0 aliphatic heterocycles.